The first kappa shape index (κ1) is 22.9. The number of halogens is 1. The highest BCUT2D eigenvalue weighted by Gasteiger charge is 2.06. The van der Waals surface area contributed by atoms with Gasteiger partial charge in [0.15, 0.2) is 17.5 Å². The maximum absolute atomic E-state index is 6.02. The van der Waals surface area contributed by atoms with E-state index in [4.69, 9.17) is 15.2 Å². The molecule has 3 N–H and O–H groups in total. The summed E-state index contributed by atoms with van der Waals surface area (Å²) in [5.74, 6) is 1.79. The number of hydrogen-bond acceptors (Lipinski definition) is 4. The Kier molecular flexibility index (Phi) is 9.20. The number of nitrogens with two attached hydrogens (primary N) is 1. The third kappa shape index (κ3) is 6.50. The van der Waals surface area contributed by atoms with Crippen molar-refractivity contribution in [2.45, 2.75) is 20.0 Å². The van der Waals surface area contributed by atoms with E-state index in [1.807, 2.05) is 32.3 Å². The molecule has 148 valence electrons. The van der Waals surface area contributed by atoms with Crippen molar-refractivity contribution in [1.29, 1.82) is 0 Å². The predicted octanol–water partition coefficient (Wildman–Crippen LogP) is 3.30. The Morgan fingerprint density at radius 3 is 2.41 bits per heavy atom. The molecule has 0 aliphatic heterocycles. The first-order chi connectivity index (χ1) is 12.4. The molecule has 27 heavy (non-hydrogen) atoms. The van der Waals surface area contributed by atoms with E-state index in [2.05, 4.69) is 40.3 Å². The summed E-state index contributed by atoms with van der Waals surface area (Å²) < 4.78 is 10.6. The number of guanidine groups is 1. The van der Waals surface area contributed by atoms with Gasteiger partial charge in [-0.1, -0.05) is 18.2 Å². The number of nitrogens with zero attached hydrogens (tertiary/aromatic N) is 2. The molecule has 2 aromatic carbocycles. The zero-order valence-corrected chi connectivity index (χ0v) is 18.9. The van der Waals surface area contributed by atoms with Crippen LogP contribution in [0.15, 0.2) is 41.4 Å². The van der Waals surface area contributed by atoms with Gasteiger partial charge in [-0.15, -0.1) is 24.0 Å². The first-order valence-electron chi connectivity index (χ1n) is 8.46. The van der Waals surface area contributed by atoms with Gasteiger partial charge < -0.3 is 25.4 Å². The van der Waals surface area contributed by atoms with Crippen molar-refractivity contribution >= 4 is 35.6 Å². The number of ether oxygens (including phenoxy) is 2. The van der Waals surface area contributed by atoms with Crippen molar-refractivity contribution in [3.05, 3.63) is 53.1 Å². The van der Waals surface area contributed by atoms with Gasteiger partial charge in [-0.25, -0.2) is 4.99 Å². The Morgan fingerprint density at radius 1 is 1.07 bits per heavy atom. The normalized spacial score (nSPS) is 10.8. The lowest BCUT2D eigenvalue weighted by Crippen LogP contribution is -2.31. The summed E-state index contributed by atoms with van der Waals surface area (Å²) in [6, 6.07) is 12.1. The standard InChI is InChI=1S/C20H28N4O2.HI/c1-14-6-8-16(17(10-14)24(2)3)13-23-20(21)22-12-15-7-9-18(25-4)19(11-15)26-5;/h6-11H,12-13H2,1-5H3,(H3,21,22,23);1H. The molecule has 0 aliphatic rings. The average molecular weight is 484 g/mol. The van der Waals surface area contributed by atoms with Gasteiger partial charge in [0.25, 0.3) is 0 Å². The highest BCUT2D eigenvalue weighted by atomic mass is 127. The second-order valence-corrected chi connectivity index (χ2v) is 6.27. The largest absolute Gasteiger partial charge is 0.493 e. The molecular formula is C20H29IN4O2. The smallest absolute Gasteiger partial charge is 0.189 e. The van der Waals surface area contributed by atoms with Crippen LogP contribution in [0.1, 0.15) is 16.7 Å². The summed E-state index contributed by atoms with van der Waals surface area (Å²) in [6.45, 7) is 3.17. The minimum atomic E-state index is 0. The number of aliphatic imine (C=N–C) groups is 1. The summed E-state index contributed by atoms with van der Waals surface area (Å²) >= 11 is 0. The van der Waals surface area contributed by atoms with Gasteiger partial charge in [0.05, 0.1) is 20.8 Å². The second-order valence-electron chi connectivity index (χ2n) is 6.27. The zero-order valence-electron chi connectivity index (χ0n) is 16.6. The maximum atomic E-state index is 6.02. The van der Waals surface area contributed by atoms with Gasteiger partial charge in [-0.3, -0.25) is 0 Å². The number of nitrogens with one attached hydrogen (secondary N) is 1. The van der Waals surface area contributed by atoms with Crippen LogP contribution in [0.2, 0.25) is 0 Å². The van der Waals surface area contributed by atoms with Crippen LogP contribution >= 0.6 is 24.0 Å². The molecule has 0 atom stereocenters. The lowest BCUT2D eigenvalue weighted by molar-refractivity contribution is 0.354. The Hall–Kier alpha value is -2.16. The molecule has 0 saturated carbocycles. The van der Waals surface area contributed by atoms with Crippen LogP contribution in [-0.4, -0.2) is 34.3 Å². The molecule has 7 heteroatoms. The van der Waals surface area contributed by atoms with Gasteiger partial charge in [0.1, 0.15) is 0 Å². The van der Waals surface area contributed by atoms with Gasteiger partial charge in [0.2, 0.25) is 0 Å². The highest BCUT2D eigenvalue weighted by Crippen LogP contribution is 2.27. The average Bonchev–Trinajstić information content (AvgIpc) is 2.64. The molecule has 0 saturated heterocycles. The molecule has 0 aromatic heterocycles. The fraction of sp³-hybridized carbons (Fsp3) is 0.350. The minimum Gasteiger partial charge on any atom is -0.493 e. The molecule has 0 aliphatic carbocycles. The summed E-state index contributed by atoms with van der Waals surface area (Å²) in [4.78, 5) is 6.50. The Labute approximate surface area is 178 Å². The molecule has 0 unspecified atom stereocenters. The first-order valence-corrected chi connectivity index (χ1v) is 8.46. The quantitative estimate of drug-likeness (QED) is 0.359. The van der Waals surface area contributed by atoms with Crippen LogP contribution < -0.4 is 25.4 Å². The predicted molar refractivity (Wildman–Crippen MR) is 123 cm³/mol. The van der Waals surface area contributed by atoms with Crippen molar-refractivity contribution in [2.75, 3.05) is 33.2 Å². The molecule has 2 aromatic rings. The summed E-state index contributed by atoms with van der Waals surface area (Å²) in [6.07, 6.45) is 0. The van der Waals surface area contributed by atoms with Crippen LogP contribution in [0.4, 0.5) is 5.69 Å². The number of hydrogen-bond donors (Lipinski definition) is 2. The van der Waals surface area contributed by atoms with E-state index in [0.717, 1.165) is 5.56 Å². The van der Waals surface area contributed by atoms with Crippen molar-refractivity contribution < 1.29 is 9.47 Å². The van der Waals surface area contributed by atoms with Crippen LogP contribution in [0.5, 0.6) is 11.5 Å². The number of aryl methyl sites for hydroxylation is 1. The van der Waals surface area contributed by atoms with Crippen LogP contribution in [0, 0.1) is 6.92 Å². The summed E-state index contributed by atoms with van der Waals surface area (Å²) in [5.41, 5.74) is 10.6. The fourth-order valence-electron chi connectivity index (χ4n) is 2.64. The third-order valence-corrected chi connectivity index (χ3v) is 4.06. The highest BCUT2D eigenvalue weighted by molar-refractivity contribution is 14.0. The Balaban J connectivity index is 0.00000364. The molecule has 0 heterocycles. The van der Waals surface area contributed by atoms with E-state index in [0.29, 0.717) is 30.5 Å². The lowest BCUT2D eigenvalue weighted by atomic mass is 10.1. The molecular weight excluding hydrogens is 455 g/mol. The van der Waals surface area contributed by atoms with Crippen LogP contribution in [0.25, 0.3) is 0 Å². The third-order valence-electron chi connectivity index (χ3n) is 4.06. The van der Waals surface area contributed by atoms with Gasteiger partial charge in [0, 0.05) is 26.3 Å². The fourth-order valence-corrected chi connectivity index (χ4v) is 2.64. The topological polar surface area (TPSA) is 72.1 Å². The zero-order chi connectivity index (χ0) is 19.1. The van der Waals surface area contributed by atoms with E-state index in [-0.39, 0.29) is 24.0 Å². The monoisotopic (exact) mass is 484 g/mol. The van der Waals surface area contributed by atoms with Crippen LogP contribution in [-0.2, 0) is 13.1 Å². The van der Waals surface area contributed by atoms with Gasteiger partial charge >= 0.3 is 0 Å². The molecule has 2 rings (SSSR count). The minimum absolute atomic E-state index is 0. The van der Waals surface area contributed by atoms with E-state index in [9.17, 15) is 0 Å². The van der Waals surface area contributed by atoms with Crippen molar-refractivity contribution in [3.8, 4) is 11.5 Å². The molecule has 0 radical (unpaired) electrons. The number of rotatable bonds is 7. The van der Waals surface area contributed by atoms with Crippen molar-refractivity contribution in [1.82, 2.24) is 5.32 Å². The number of benzene rings is 2. The van der Waals surface area contributed by atoms with Crippen molar-refractivity contribution in [3.63, 3.8) is 0 Å². The maximum Gasteiger partial charge on any atom is 0.189 e. The molecule has 0 amide bonds. The van der Waals surface area contributed by atoms with Gasteiger partial charge in [-0.05, 0) is 41.8 Å². The SMILES string of the molecule is COc1ccc(CN=C(N)NCc2ccc(C)cc2N(C)C)cc1OC.I. The van der Waals surface area contributed by atoms with E-state index < -0.39 is 0 Å². The van der Waals surface area contributed by atoms with E-state index in [1.165, 1.54) is 16.8 Å². The van der Waals surface area contributed by atoms with Gasteiger partial charge in [-0.2, -0.15) is 0 Å². The summed E-state index contributed by atoms with van der Waals surface area (Å²) in [7, 11) is 7.30. The Morgan fingerprint density at radius 2 is 1.78 bits per heavy atom. The lowest BCUT2D eigenvalue weighted by Gasteiger charge is -2.18. The number of anilines is 1. The van der Waals surface area contributed by atoms with E-state index in [1.54, 1.807) is 14.2 Å². The number of methoxy groups -OCH3 is 2. The summed E-state index contributed by atoms with van der Waals surface area (Å²) in [5, 5.41) is 3.18. The molecule has 0 spiro atoms. The van der Waals surface area contributed by atoms with E-state index >= 15 is 0 Å². The molecule has 6 nitrogen and oxygen atoms in total. The second kappa shape index (κ2) is 10.9. The molecule has 0 bridgehead atoms. The Bertz CT molecular complexity index is 779. The molecule has 0 fully saturated rings. The van der Waals surface area contributed by atoms with Crippen LogP contribution in [0.3, 0.4) is 0 Å². The van der Waals surface area contributed by atoms with Crippen molar-refractivity contribution in [2.24, 2.45) is 10.7 Å².